The zero-order valence-electron chi connectivity index (χ0n) is 12.9. The first-order chi connectivity index (χ1) is 10.9. The van der Waals surface area contributed by atoms with Gasteiger partial charge in [0.25, 0.3) is 0 Å². The maximum absolute atomic E-state index is 2.26. The van der Waals surface area contributed by atoms with Crippen LogP contribution in [-0.4, -0.2) is 0 Å². The Labute approximate surface area is 132 Å². The average molecular weight is 284 g/mol. The summed E-state index contributed by atoms with van der Waals surface area (Å²) in [6, 6.07) is 30.0. The third-order valence-electron chi connectivity index (χ3n) is 3.87. The van der Waals surface area contributed by atoms with Gasteiger partial charge in [-0.2, -0.15) is 0 Å². The molecule has 0 heteroatoms. The molecule has 108 valence electrons. The number of hydrogen-bond donors (Lipinski definition) is 0. The fourth-order valence-electron chi connectivity index (χ4n) is 2.59. The predicted octanol–water partition coefficient (Wildman–Crippen LogP) is 5.84. The van der Waals surface area contributed by atoms with E-state index >= 15 is 0 Å². The molecule has 0 radical (unpaired) electrons. The van der Waals surface area contributed by atoms with E-state index in [-0.39, 0.29) is 0 Å². The Hall–Kier alpha value is -2.60. The quantitative estimate of drug-likeness (QED) is 0.528. The number of aryl methyl sites for hydroxylation is 1. The Morgan fingerprint density at radius 3 is 1.82 bits per heavy atom. The molecule has 0 unspecified atom stereocenters. The number of hydrogen-bond acceptors (Lipinski definition) is 0. The van der Waals surface area contributed by atoms with Crippen molar-refractivity contribution in [1.82, 2.24) is 0 Å². The van der Waals surface area contributed by atoms with Gasteiger partial charge >= 0.3 is 0 Å². The second-order valence-corrected chi connectivity index (χ2v) is 5.39. The van der Waals surface area contributed by atoms with Crippen molar-refractivity contribution >= 4 is 11.6 Å². The van der Waals surface area contributed by atoms with Crippen LogP contribution < -0.4 is 0 Å². The molecule has 0 aromatic heterocycles. The Morgan fingerprint density at radius 1 is 0.682 bits per heavy atom. The molecule has 0 amide bonds. The van der Waals surface area contributed by atoms with Gasteiger partial charge in [-0.3, -0.25) is 0 Å². The standard InChI is InChI=1S/C22H20/c1-2-18-13-15-21(16-14-18)22(20-11-7-4-8-12-20)17-19-9-5-3-6-10-19/h3-17H,2H2,1H3/b22-17+. The minimum Gasteiger partial charge on any atom is -0.0622 e. The van der Waals surface area contributed by atoms with Crippen molar-refractivity contribution in [1.29, 1.82) is 0 Å². The highest BCUT2D eigenvalue weighted by Gasteiger charge is 2.05. The molecule has 0 saturated heterocycles. The van der Waals surface area contributed by atoms with Crippen molar-refractivity contribution in [3.8, 4) is 0 Å². The van der Waals surface area contributed by atoms with Crippen LogP contribution in [0.3, 0.4) is 0 Å². The molecule has 0 aliphatic rings. The molecule has 3 aromatic carbocycles. The molecule has 0 heterocycles. The molecular weight excluding hydrogens is 264 g/mol. The SMILES string of the molecule is CCc1ccc(/C(=C/c2ccccc2)c2ccccc2)cc1. The Kier molecular flexibility index (Phi) is 4.50. The van der Waals surface area contributed by atoms with Crippen LogP contribution >= 0.6 is 0 Å². The van der Waals surface area contributed by atoms with Crippen LogP contribution in [0.25, 0.3) is 11.6 Å². The van der Waals surface area contributed by atoms with Gasteiger partial charge in [0.2, 0.25) is 0 Å². The van der Waals surface area contributed by atoms with Crippen LogP contribution in [0.1, 0.15) is 29.2 Å². The molecule has 0 N–H and O–H groups in total. The summed E-state index contributed by atoms with van der Waals surface area (Å²) in [4.78, 5) is 0. The van der Waals surface area contributed by atoms with E-state index in [0.717, 1.165) is 6.42 Å². The summed E-state index contributed by atoms with van der Waals surface area (Å²) >= 11 is 0. The van der Waals surface area contributed by atoms with Gasteiger partial charge in [-0.15, -0.1) is 0 Å². The molecule has 0 fully saturated rings. The third kappa shape index (κ3) is 3.35. The molecule has 0 aliphatic heterocycles. The zero-order valence-corrected chi connectivity index (χ0v) is 12.9. The van der Waals surface area contributed by atoms with Crippen molar-refractivity contribution in [2.75, 3.05) is 0 Å². The second-order valence-electron chi connectivity index (χ2n) is 5.39. The summed E-state index contributed by atoms with van der Waals surface area (Å²) in [5.74, 6) is 0. The Morgan fingerprint density at radius 2 is 1.23 bits per heavy atom. The van der Waals surface area contributed by atoms with E-state index in [1.165, 1.54) is 27.8 Å². The fourth-order valence-corrected chi connectivity index (χ4v) is 2.59. The van der Waals surface area contributed by atoms with Crippen molar-refractivity contribution in [2.24, 2.45) is 0 Å². The van der Waals surface area contributed by atoms with Crippen molar-refractivity contribution in [3.63, 3.8) is 0 Å². The van der Waals surface area contributed by atoms with Gasteiger partial charge in [0.1, 0.15) is 0 Å². The molecule has 22 heavy (non-hydrogen) atoms. The smallest absolute Gasteiger partial charge is 0.0105 e. The topological polar surface area (TPSA) is 0 Å². The van der Waals surface area contributed by atoms with Gasteiger partial charge in [-0.05, 0) is 40.3 Å². The van der Waals surface area contributed by atoms with E-state index in [0.29, 0.717) is 0 Å². The van der Waals surface area contributed by atoms with Crippen LogP contribution in [-0.2, 0) is 6.42 Å². The maximum atomic E-state index is 2.26. The number of rotatable bonds is 4. The molecule has 0 spiro atoms. The first-order valence-corrected chi connectivity index (χ1v) is 7.78. The lowest BCUT2D eigenvalue weighted by Crippen LogP contribution is -1.89. The van der Waals surface area contributed by atoms with Crippen molar-refractivity contribution in [2.45, 2.75) is 13.3 Å². The van der Waals surface area contributed by atoms with Crippen LogP contribution in [0.5, 0.6) is 0 Å². The lowest BCUT2D eigenvalue weighted by molar-refractivity contribution is 1.14. The molecule has 0 atom stereocenters. The minimum absolute atomic E-state index is 1.07. The average Bonchev–Trinajstić information content (AvgIpc) is 2.61. The minimum atomic E-state index is 1.07. The summed E-state index contributed by atoms with van der Waals surface area (Å²) < 4.78 is 0. The van der Waals surface area contributed by atoms with Crippen molar-refractivity contribution < 1.29 is 0 Å². The first-order valence-electron chi connectivity index (χ1n) is 7.78. The summed E-state index contributed by atoms with van der Waals surface area (Å²) in [6.45, 7) is 2.19. The maximum Gasteiger partial charge on any atom is -0.0105 e. The molecule has 3 rings (SSSR count). The van der Waals surface area contributed by atoms with Gasteiger partial charge in [-0.1, -0.05) is 91.9 Å². The Balaban J connectivity index is 2.08. The van der Waals surface area contributed by atoms with Crippen LogP contribution in [0.2, 0.25) is 0 Å². The molecule has 3 aromatic rings. The normalized spacial score (nSPS) is 11.4. The van der Waals surface area contributed by atoms with E-state index in [2.05, 4.69) is 97.9 Å². The van der Waals surface area contributed by atoms with Crippen LogP contribution in [0.15, 0.2) is 84.9 Å². The van der Waals surface area contributed by atoms with Gasteiger partial charge in [0.05, 0.1) is 0 Å². The van der Waals surface area contributed by atoms with Gasteiger partial charge < -0.3 is 0 Å². The summed E-state index contributed by atoms with van der Waals surface area (Å²) in [5, 5.41) is 0. The van der Waals surface area contributed by atoms with Crippen molar-refractivity contribution in [3.05, 3.63) is 107 Å². The lowest BCUT2D eigenvalue weighted by atomic mass is 9.95. The Bertz CT molecular complexity index is 735. The summed E-state index contributed by atoms with van der Waals surface area (Å²) in [5.41, 5.74) is 6.36. The molecule has 0 nitrogen and oxygen atoms in total. The van der Waals surface area contributed by atoms with Gasteiger partial charge in [-0.25, -0.2) is 0 Å². The largest absolute Gasteiger partial charge is 0.0622 e. The molecule has 0 aliphatic carbocycles. The van der Waals surface area contributed by atoms with Gasteiger partial charge in [0.15, 0.2) is 0 Å². The highest BCUT2D eigenvalue weighted by atomic mass is 14.1. The highest BCUT2D eigenvalue weighted by Crippen LogP contribution is 2.26. The zero-order chi connectivity index (χ0) is 15.2. The van der Waals surface area contributed by atoms with Gasteiger partial charge in [0, 0.05) is 0 Å². The van der Waals surface area contributed by atoms with E-state index in [4.69, 9.17) is 0 Å². The molecule has 0 bridgehead atoms. The van der Waals surface area contributed by atoms with E-state index in [1.807, 2.05) is 0 Å². The number of benzene rings is 3. The second kappa shape index (κ2) is 6.91. The van der Waals surface area contributed by atoms with Crippen LogP contribution in [0, 0.1) is 0 Å². The fraction of sp³-hybridized carbons (Fsp3) is 0.0909. The monoisotopic (exact) mass is 284 g/mol. The van der Waals surface area contributed by atoms with E-state index in [1.54, 1.807) is 0 Å². The highest BCUT2D eigenvalue weighted by molar-refractivity contribution is 5.91. The predicted molar refractivity (Wildman–Crippen MR) is 95.7 cm³/mol. The molecule has 0 saturated carbocycles. The third-order valence-corrected chi connectivity index (χ3v) is 3.87. The van der Waals surface area contributed by atoms with E-state index < -0.39 is 0 Å². The van der Waals surface area contributed by atoms with E-state index in [9.17, 15) is 0 Å². The lowest BCUT2D eigenvalue weighted by Gasteiger charge is -2.10. The molecular formula is C22H20. The summed E-state index contributed by atoms with van der Waals surface area (Å²) in [6.07, 6.45) is 3.33. The first kappa shape index (κ1) is 14.3. The van der Waals surface area contributed by atoms with Crippen LogP contribution in [0.4, 0.5) is 0 Å². The summed E-state index contributed by atoms with van der Waals surface area (Å²) in [7, 11) is 0.